The molecule has 20 heavy (non-hydrogen) atoms. The smallest absolute Gasteiger partial charge is 0.341 e. The largest absolute Gasteiger partial charge is 0.507 e. The first-order chi connectivity index (χ1) is 9.20. The molecule has 0 amide bonds. The molecule has 0 aromatic heterocycles. The van der Waals surface area contributed by atoms with Gasteiger partial charge < -0.3 is 9.84 Å². The highest BCUT2D eigenvalue weighted by molar-refractivity contribution is 7.89. The van der Waals surface area contributed by atoms with Crippen LogP contribution >= 0.6 is 0 Å². The molecule has 1 rings (SSSR count). The molecule has 0 saturated carbocycles. The zero-order chi connectivity index (χ0) is 15.5. The molecular formula is C13H17NO5S. The summed E-state index contributed by atoms with van der Waals surface area (Å²) in [7, 11) is -1.20. The number of phenolic OH excluding ortho intramolecular Hbond substituents is 1. The zero-order valence-electron chi connectivity index (χ0n) is 11.6. The Labute approximate surface area is 118 Å². The van der Waals surface area contributed by atoms with Gasteiger partial charge in [-0.2, -0.15) is 4.31 Å². The lowest BCUT2D eigenvalue weighted by Crippen LogP contribution is -2.28. The third kappa shape index (κ3) is 3.37. The Hall–Kier alpha value is -1.86. The fourth-order valence-electron chi connectivity index (χ4n) is 1.59. The number of rotatable bonds is 5. The van der Waals surface area contributed by atoms with E-state index in [1.807, 2.05) is 0 Å². The number of esters is 1. The van der Waals surface area contributed by atoms with Gasteiger partial charge in [0.2, 0.25) is 10.0 Å². The summed E-state index contributed by atoms with van der Waals surface area (Å²) >= 11 is 0. The predicted octanol–water partition coefficient (Wildman–Crippen LogP) is 1.38. The molecule has 0 fully saturated rings. The van der Waals surface area contributed by atoms with Gasteiger partial charge in [-0.05, 0) is 25.1 Å². The first-order valence-corrected chi connectivity index (χ1v) is 7.16. The van der Waals surface area contributed by atoms with Crippen molar-refractivity contribution in [2.45, 2.75) is 11.8 Å². The van der Waals surface area contributed by atoms with Crippen molar-refractivity contribution < 1.29 is 23.1 Å². The quantitative estimate of drug-likeness (QED) is 0.656. The minimum absolute atomic E-state index is 0.0977. The van der Waals surface area contributed by atoms with Crippen LogP contribution in [0, 0.1) is 0 Å². The van der Waals surface area contributed by atoms with E-state index in [2.05, 4.69) is 11.3 Å². The Balaban J connectivity index is 3.26. The highest BCUT2D eigenvalue weighted by Crippen LogP contribution is 2.24. The van der Waals surface area contributed by atoms with Crippen LogP contribution in [-0.2, 0) is 14.8 Å². The zero-order valence-corrected chi connectivity index (χ0v) is 12.4. The van der Waals surface area contributed by atoms with Crippen molar-refractivity contribution in [1.82, 2.24) is 4.31 Å². The van der Waals surface area contributed by atoms with Gasteiger partial charge in [-0.1, -0.05) is 12.2 Å². The van der Waals surface area contributed by atoms with E-state index in [1.165, 1.54) is 13.1 Å². The van der Waals surface area contributed by atoms with Crippen molar-refractivity contribution in [3.05, 3.63) is 35.9 Å². The first-order valence-electron chi connectivity index (χ1n) is 5.72. The number of likely N-dealkylation sites (N-methyl/N-ethyl adjacent to an activating group) is 1. The van der Waals surface area contributed by atoms with E-state index in [0.717, 1.165) is 23.5 Å². The fourth-order valence-corrected chi connectivity index (χ4v) is 2.85. The number of hydrogen-bond donors (Lipinski definition) is 1. The van der Waals surface area contributed by atoms with Crippen molar-refractivity contribution in [3.63, 3.8) is 0 Å². The van der Waals surface area contributed by atoms with Crippen molar-refractivity contribution in [3.8, 4) is 5.75 Å². The van der Waals surface area contributed by atoms with Crippen LogP contribution in [0.25, 0.3) is 0 Å². The number of carbonyl (C=O) groups excluding carboxylic acids is 1. The van der Waals surface area contributed by atoms with Crippen LogP contribution in [0.1, 0.15) is 17.3 Å². The Morgan fingerprint density at radius 2 is 2.05 bits per heavy atom. The van der Waals surface area contributed by atoms with Crippen LogP contribution < -0.4 is 0 Å². The molecule has 0 atom stereocenters. The Kier molecular flexibility index (Phi) is 4.91. The van der Waals surface area contributed by atoms with Crippen molar-refractivity contribution in [2.75, 3.05) is 20.7 Å². The number of hydrogen-bond acceptors (Lipinski definition) is 5. The van der Waals surface area contributed by atoms with Gasteiger partial charge >= 0.3 is 5.97 Å². The van der Waals surface area contributed by atoms with Gasteiger partial charge in [0, 0.05) is 13.6 Å². The van der Waals surface area contributed by atoms with Crippen LogP contribution in [0.15, 0.2) is 35.2 Å². The molecule has 0 aliphatic rings. The molecule has 1 aromatic rings. The number of phenols is 1. The second kappa shape index (κ2) is 6.06. The summed E-state index contributed by atoms with van der Waals surface area (Å²) in [6.45, 7) is 5.53. The lowest BCUT2D eigenvalue weighted by Gasteiger charge is -2.17. The number of methoxy groups -OCH3 is 1. The summed E-state index contributed by atoms with van der Waals surface area (Å²) in [6.07, 6.45) is 0. The number of carbonyl (C=O) groups is 1. The average Bonchev–Trinajstić information content (AvgIpc) is 2.37. The van der Waals surface area contributed by atoms with Gasteiger partial charge in [0.15, 0.2) is 0 Å². The number of benzene rings is 1. The fraction of sp³-hybridized carbons (Fsp3) is 0.308. The molecule has 0 radical (unpaired) electrons. The van der Waals surface area contributed by atoms with Crippen molar-refractivity contribution >= 4 is 16.0 Å². The van der Waals surface area contributed by atoms with E-state index in [-0.39, 0.29) is 22.8 Å². The third-order valence-corrected chi connectivity index (χ3v) is 4.37. The van der Waals surface area contributed by atoms with Gasteiger partial charge in [-0.15, -0.1) is 0 Å². The summed E-state index contributed by atoms with van der Waals surface area (Å²) in [5.41, 5.74) is 0.486. The van der Waals surface area contributed by atoms with E-state index >= 15 is 0 Å². The van der Waals surface area contributed by atoms with Crippen LogP contribution in [0.2, 0.25) is 0 Å². The molecule has 0 saturated heterocycles. The second-order valence-electron chi connectivity index (χ2n) is 4.39. The summed E-state index contributed by atoms with van der Waals surface area (Å²) in [4.78, 5) is 11.4. The second-order valence-corrected chi connectivity index (χ2v) is 6.43. The SMILES string of the molecule is C=C(C)CN(C)S(=O)(=O)c1ccc(O)c(C(=O)OC)c1. The summed E-state index contributed by atoms with van der Waals surface area (Å²) in [5.74, 6) is -1.14. The van der Waals surface area contributed by atoms with E-state index in [4.69, 9.17) is 0 Å². The lowest BCUT2D eigenvalue weighted by atomic mass is 10.2. The summed E-state index contributed by atoms with van der Waals surface area (Å²) < 4.78 is 30.2. The maximum Gasteiger partial charge on any atom is 0.341 e. The molecule has 0 bridgehead atoms. The van der Waals surface area contributed by atoms with Gasteiger partial charge in [0.25, 0.3) is 0 Å². The van der Waals surface area contributed by atoms with E-state index in [1.54, 1.807) is 6.92 Å². The van der Waals surface area contributed by atoms with Crippen LogP contribution in [-0.4, -0.2) is 44.5 Å². The topological polar surface area (TPSA) is 83.9 Å². The van der Waals surface area contributed by atoms with Crippen LogP contribution in [0.4, 0.5) is 0 Å². The molecule has 0 spiro atoms. The summed E-state index contributed by atoms with van der Waals surface area (Å²) in [5, 5.41) is 9.56. The molecule has 110 valence electrons. The number of nitrogens with zero attached hydrogens (tertiary/aromatic N) is 1. The maximum absolute atomic E-state index is 12.3. The Morgan fingerprint density at radius 3 is 2.55 bits per heavy atom. The third-order valence-electron chi connectivity index (χ3n) is 2.57. The molecule has 0 aliphatic carbocycles. The minimum Gasteiger partial charge on any atom is -0.507 e. The monoisotopic (exact) mass is 299 g/mol. The molecule has 0 aliphatic heterocycles. The number of ether oxygens (including phenoxy) is 1. The van der Waals surface area contributed by atoms with E-state index < -0.39 is 16.0 Å². The molecule has 6 nitrogen and oxygen atoms in total. The Bertz CT molecular complexity index is 636. The molecule has 1 N–H and O–H groups in total. The number of aromatic hydroxyl groups is 1. The first kappa shape index (κ1) is 16.2. The standard InChI is InChI=1S/C13H17NO5S/c1-9(2)8-14(3)20(17,18)10-5-6-12(15)11(7-10)13(16)19-4/h5-7,15H,1,8H2,2-4H3. The van der Waals surface area contributed by atoms with Gasteiger partial charge in [-0.3, -0.25) is 0 Å². The predicted molar refractivity (Wildman–Crippen MR) is 74.1 cm³/mol. The average molecular weight is 299 g/mol. The Morgan fingerprint density at radius 1 is 1.45 bits per heavy atom. The molecule has 7 heteroatoms. The maximum atomic E-state index is 12.3. The summed E-state index contributed by atoms with van der Waals surface area (Å²) in [6, 6.07) is 3.46. The molecule has 0 heterocycles. The van der Waals surface area contributed by atoms with Crippen LogP contribution in [0.3, 0.4) is 0 Å². The lowest BCUT2D eigenvalue weighted by molar-refractivity contribution is 0.0597. The minimum atomic E-state index is -3.76. The molecule has 1 aromatic carbocycles. The van der Waals surface area contributed by atoms with E-state index in [0.29, 0.717) is 5.57 Å². The van der Waals surface area contributed by atoms with Gasteiger partial charge in [0.05, 0.1) is 12.0 Å². The van der Waals surface area contributed by atoms with Gasteiger partial charge in [-0.25, -0.2) is 13.2 Å². The van der Waals surface area contributed by atoms with Crippen LogP contribution in [0.5, 0.6) is 5.75 Å². The number of sulfonamides is 1. The normalized spacial score (nSPS) is 11.4. The van der Waals surface area contributed by atoms with Gasteiger partial charge in [0.1, 0.15) is 11.3 Å². The van der Waals surface area contributed by atoms with Crippen molar-refractivity contribution in [1.29, 1.82) is 0 Å². The van der Waals surface area contributed by atoms with Crippen molar-refractivity contribution in [2.24, 2.45) is 0 Å². The molecule has 0 unspecified atom stereocenters. The highest BCUT2D eigenvalue weighted by Gasteiger charge is 2.23. The highest BCUT2D eigenvalue weighted by atomic mass is 32.2. The van der Waals surface area contributed by atoms with E-state index in [9.17, 15) is 18.3 Å². The molecular weight excluding hydrogens is 282 g/mol.